The molecule has 18 heavy (non-hydrogen) atoms. The smallest absolute Gasteiger partial charge is 0.216 e. The summed E-state index contributed by atoms with van der Waals surface area (Å²) in [5.41, 5.74) is 6.81. The van der Waals surface area contributed by atoms with Gasteiger partial charge in [0.15, 0.2) is 0 Å². The van der Waals surface area contributed by atoms with Crippen LogP contribution in [0, 0.1) is 0 Å². The standard InChI is InChI=1S/C12H20N2O3S/c1-3-17-8-10(2)14-18(15,16)9-11-6-4-5-7-12(11)13/h4-7,10,14H,3,8-9,13H2,1-2H3. The third-order valence-corrected chi connectivity index (χ3v) is 3.81. The Kier molecular flexibility index (Phi) is 5.58. The summed E-state index contributed by atoms with van der Waals surface area (Å²) >= 11 is 0. The second kappa shape index (κ2) is 6.72. The van der Waals surface area contributed by atoms with Crippen molar-refractivity contribution in [3.8, 4) is 0 Å². The third-order valence-electron chi connectivity index (χ3n) is 2.35. The van der Waals surface area contributed by atoms with Crippen LogP contribution in [-0.2, 0) is 20.5 Å². The van der Waals surface area contributed by atoms with Crippen molar-refractivity contribution in [3.05, 3.63) is 29.8 Å². The lowest BCUT2D eigenvalue weighted by atomic mass is 10.2. The van der Waals surface area contributed by atoms with Crippen LogP contribution in [-0.4, -0.2) is 27.7 Å². The van der Waals surface area contributed by atoms with Crippen LogP contribution in [0.1, 0.15) is 19.4 Å². The van der Waals surface area contributed by atoms with Gasteiger partial charge in [0.1, 0.15) is 0 Å². The van der Waals surface area contributed by atoms with Crippen molar-refractivity contribution in [3.63, 3.8) is 0 Å². The molecule has 0 bridgehead atoms. The number of benzene rings is 1. The second-order valence-corrected chi connectivity index (χ2v) is 5.89. The van der Waals surface area contributed by atoms with Crippen LogP contribution in [0.2, 0.25) is 0 Å². The maximum atomic E-state index is 11.9. The van der Waals surface area contributed by atoms with Gasteiger partial charge in [-0.1, -0.05) is 18.2 Å². The summed E-state index contributed by atoms with van der Waals surface area (Å²) in [6.45, 7) is 4.56. The summed E-state index contributed by atoms with van der Waals surface area (Å²) in [6, 6.07) is 6.69. The molecule has 0 aliphatic heterocycles. The van der Waals surface area contributed by atoms with E-state index in [1.54, 1.807) is 31.2 Å². The SMILES string of the molecule is CCOCC(C)NS(=O)(=O)Cc1ccccc1N. The van der Waals surface area contributed by atoms with Crippen LogP contribution in [0.3, 0.4) is 0 Å². The molecule has 0 amide bonds. The first-order chi connectivity index (χ1) is 8.44. The highest BCUT2D eigenvalue weighted by Crippen LogP contribution is 2.13. The van der Waals surface area contributed by atoms with Crippen LogP contribution in [0.15, 0.2) is 24.3 Å². The van der Waals surface area contributed by atoms with E-state index < -0.39 is 10.0 Å². The number of nitrogen functional groups attached to an aromatic ring is 1. The highest BCUT2D eigenvalue weighted by atomic mass is 32.2. The van der Waals surface area contributed by atoms with Crippen molar-refractivity contribution >= 4 is 15.7 Å². The van der Waals surface area contributed by atoms with E-state index in [9.17, 15) is 8.42 Å². The molecule has 102 valence electrons. The zero-order valence-corrected chi connectivity index (χ0v) is 11.5. The van der Waals surface area contributed by atoms with Gasteiger partial charge in [0.05, 0.1) is 12.4 Å². The lowest BCUT2D eigenvalue weighted by Gasteiger charge is -2.14. The maximum absolute atomic E-state index is 11.9. The summed E-state index contributed by atoms with van der Waals surface area (Å²) in [5.74, 6) is -0.115. The highest BCUT2D eigenvalue weighted by Gasteiger charge is 2.16. The molecule has 0 aliphatic carbocycles. The van der Waals surface area contributed by atoms with Crippen LogP contribution in [0.5, 0.6) is 0 Å². The van der Waals surface area contributed by atoms with Gasteiger partial charge in [-0.25, -0.2) is 13.1 Å². The van der Waals surface area contributed by atoms with E-state index in [0.717, 1.165) is 0 Å². The van der Waals surface area contributed by atoms with E-state index in [2.05, 4.69) is 4.72 Å². The fourth-order valence-electron chi connectivity index (χ4n) is 1.55. The molecule has 0 aromatic heterocycles. The Morgan fingerprint density at radius 1 is 1.39 bits per heavy atom. The predicted molar refractivity (Wildman–Crippen MR) is 72.6 cm³/mol. The first kappa shape index (κ1) is 14.9. The number of ether oxygens (including phenoxy) is 1. The fourth-order valence-corrected chi connectivity index (χ4v) is 2.98. The van der Waals surface area contributed by atoms with E-state index in [1.807, 2.05) is 6.92 Å². The van der Waals surface area contributed by atoms with Gasteiger partial charge in [-0.3, -0.25) is 0 Å². The highest BCUT2D eigenvalue weighted by molar-refractivity contribution is 7.88. The van der Waals surface area contributed by atoms with Gasteiger partial charge in [-0.2, -0.15) is 0 Å². The van der Waals surface area contributed by atoms with Gasteiger partial charge in [0.2, 0.25) is 10.0 Å². The van der Waals surface area contributed by atoms with Gasteiger partial charge in [0.25, 0.3) is 0 Å². The molecule has 3 N–H and O–H groups in total. The molecule has 0 radical (unpaired) electrons. The van der Waals surface area contributed by atoms with Crippen molar-refractivity contribution in [2.45, 2.75) is 25.6 Å². The number of hydrogen-bond acceptors (Lipinski definition) is 4. The molecule has 1 aromatic carbocycles. The summed E-state index contributed by atoms with van der Waals surface area (Å²) in [6.07, 6.45) is 0. The Hall–Kier alpha value is -1.11. The predicted octanol–water partition coefficient (Wildman–Crippen LogP) is 1.11. The Balaban J connectivity index is 2.63. The average molecular weight is 272 g/mol. The summed E-state index contributed by atoms with van der Waals surface area (Å²) in [4.78, 5) is 0. The fraction of sp³-hybridized carbons (Fsp3) is 0.500. The van der Waals surface area contributed by atoms with E-state index in [4.69, 9.17) is 10.5 Å². The zero-order valence-electron chi connectivity index (χ0n) is 10.7. The number of anilines is 1. The molecule has 0 heterocycles. The minimum Gasteiger partial charge on any atom is -0.398 e. The molecule has 0 saturated carbocycles. The largest absolute Gasteiger partial charge is 0.398 e. The van der Waals surface area contributed by atoms with Crippen molar-refractivity contribution < 1.29 is 13.2 Å². The summed E-state index contributed by atoms with van der Waals surface area (Å²) < 4.78 is 31.5. The van der Waals surface area contributed by atoms with Gasteiger partial charge in [-0.15, -0.1) is 0 Å². The molecule has 0 spiro atoms. The lowest BCUT2D eigenvalue weighted by molar-refractivity contribution is 0.133. The number of rotatable bonds is 7. The van der Waals surface area contributed by atoms with E-state index >= 15 is 0 Å². The molecule has 1 aromatic rings. The van der Waals surface area contributed by atoms with Crippen molar-refractivity contribution in [2.75, 3.05) is 18.9 Å². The molecule has 1 atom stereocenters. The molecule has 0 fully saturated rings. The molecule has 1 unspecified atom stereocenters. The van der Waals surface area contributed by atoms with Gasteiger partial charge in [0, 0.05) is 18.3 Å². The van der Waals surface area contributed by atoms with Gasteiger partial charge in [-0.05, 0) is 25.5 Å². The van der Waals surface area contributed by atoms with Crippen LogP contribution >= 0.6 is 0 Å². The molecular weight excluding hydrogens is 252 g/mol. The van der Waals surface area contributed by atoms with Gasteiger partial charge < -0.3 is 10.5 Å². The minimum absolute atomic E-state index is 0.115. The number of para-hydroxylation sites is 1. The molecule has 6 heteroatoms. The van der Waals surface area contributed by atoms with Crippen LogP contribution < -0.4 is 10.5 Å². The Morgan fingerprint density at radius 2 is 2.06 bits per heavy atom. The normalized spacial score (nSPS) is 13.4. The van der Waals surface area contributed by atoms with E-state index in [1.165, 1.54) is 0 Å². The Bertz CT molecular complexity index is 474. The zero-order chi connectivity index (χ0) is 13.6. The van der Waals surface area contributed by atoms with Crippen LogP contribution in [0.4, 0.5) is 5.69 Å². The van der Waals surface area contributed by atoms with Crippen LogP contribution in [0.25, 0.3) is 0 Å². The van der Waals surface area contributed by atoms with Crippen molar-refractivity contribution in [1.82, 2.24) is 4.72 Å². The maximum Gasteiger partial charge on any atom is 0.216 e. The molecule has 0 saturated heterocycles. The second-order valence-electron chi connectivity index (χ2n) is 4.14. The summed E-state index contributed by atoms with van der Waals surface area (Å²) in [5, 5.41) is 0. The van der Waals surface area contributed by atoms with Gasteiger partial charge >= 0.3 is 0 Å². The average Bonchev–Trinajstić information content (AvgIpc) is 2.28. The quantitative estimate of drug-likeness (QED) is 0.729. The first-order valence-electron chi connectivity index (χ1n) is 5.85. The number of sulfonamides is 1. The monoisotopic (exact) mass is 272 g/mol. The molecule has 0 aliphatic rings. The first-order valence-corrected chi connectivity index (χ1v) is 7.51. The topological polar surface area (TPSA) is 81.4 Å². The molecular formula is C12H20N2O3S. The minimum atomic E-state index is -3.40. The van der Waals surface area contributed by atoms with E-state index in [0.29, 0.717) is 24.5 Å². The Morgan fingerprint density at radius 3 is 2.67 bits per heavy atom. The van der Waals surface area contributed by atoms with Crippen molar-refractivity contribution in [2.24, 2.45) is 0 Å². The molecule has 5 nitrogen and oxygen atoms in total. The number of nitrogens with two attached hydrogens (primary N) is 1. The summed E-state index contributed by atoms with van der Waals surface area (Å²) in [7, 11) is -3.40. The number of hydrogen-bond donors (Lipinski definition) is 2. The molecule has 1 rings (SSSR count). The number of nitrogens with one attached hydrogen (secondary N) is 1. The van der Waals surface area contributed by atoms with Crippen molar-refractivity contribution in [1.29, 1.82) is 0 Å². The van der Waals surface area contributed by atoms with E-state index in [-0.39, 0.29) is 11.8 Å². The Labute approximate surface area is 108 Å². The lowest BCUT2D eigenvalue weighted by Crippen LogP contribution is -2.36. The third kappa shape index (κ3) is 5.03.